The Morgan fingerprint density at radius 2 is 2.06 bits per heavy atom. The predicted octanol–water partition coefficient (Wildman–Crippen LogP) is 4.20. The number of aryl methyl sites for hydroxylation is 1. The second-order valence-corrected chi connectivity index (χ2v) is 7.56. The van der Waals surface area contributed by atoms with E-state index >= 15 is 0 Å². The Bertz CT molecular complexity index is 1250. The van der Waals surface area contributed by atoms with E-state index in [2.05, 4.69) is 10.3 Å². The molecule has 166 valence electrons. The number of hydrogen-bond acceptors (Lipinski definition) is 6. The Morgan fingerprint density at radius 1 is 1.24 bits per heavy atom. The highest BCUT2D eigenvalue weighted by Gasteiger charge is 2.31. The van der Waals surface area contributed by atoms with Crippen LogP contribution in [0.5, 0.6) is 17.4 Å². The van der Waals surface area contributed by atoms with Gasteiger partial charge < -0.3 is 19.7 Å². The highest BCUT2D eigenvalue weighted by Crippen LogP contribution is 2.33. The molecule has 0 radical (unpaired) electrons. The minimum atomic E-state index is -0.599. The molecule has 8 heteroatoms. The van der Waals surface area contributed by atoms with E-state index < -0.39 is 6.10 Å². The van der Waals surface area contributed by atoms with E-state index in [1.807, 2.05) is 31.2 Å². The van der Waals surface area contributed by atoms with Gasteiger partial charge in [0.2, 0.25) is 11.8 Å². The fourth-order valence-corrected chi connectivity index (χ4v) is 3.52. The van der Waals surface area contributed by atoms with Crippen molar-refractivity contribution in [2.24, 2.45) is 0 Å². The van der Waals surface area contributed by atoms with Crippen LogP contribution < -0.4 is 19.7 Å². The number of para-hydroxylation sites is 2. The number of rotatable bonds is 6. The molecule has 2 aromatic carbocycles. The molecule has 33 heavy (non-hydrogen) atoms. The summed E-state index contributed by atoms with van der Waals surface area (Å²) in [5.74, 6) is 0.966. The summed E-state index contributed by atoms with van der Waals surface area (Å²) in [5, 5.41) is 12.1. The van der Waals surface area contributed by atoms with Crippen LogP contribution >= 0.6 is 0 Å². The van der Waals surface area contributed by atoms with Crippen molar-refractivity contribution in [3.05, 3.63) is 71.9 Å². The molecule has 3 aromatic rings. The molecule has 0 fully saturated rings. The van der Waals surface area contributed by atoms with Crippen molar-refractivity contribution >= 4 is 23.2 Å². The van der Waals surface area contributed by atoms with E-state index in [9.17, 15) is 14.9 Å². The van der Waals surface area contributed by atoms with E-state index in [1.165, 1.54) is 0 Å². The van der Waals surface area contributed by atoms with Gasteiger partial charge in [0.25, 0.3) is 5.91 Å². The number of fused-ring (bicyclic) bond motifs is 1. The number of carbonyl (C=O) groups is 2. The topological polar surface area (TPSA) is 105 Å². The number of hydrogen-bond donors (Lipinski definition) is 1. The fourth-order valence-electron chi connectivity index (χ4n) is 3.52. The number of anilines is 2. The minimum Gasteiger partial charge on any atom is -0.479 e. The number of amides is 2. The molecule has 1 unspecified atom stereocenters. The third-order valence-corrected chi connectivity index (χ3v) is 5.21. The van der Waals surface area contributed by atoms with Crippen LogP contribution in [0, 0.1) is 18.3 Å². The summed E-state index contributed by atoms with van der Waals surface area (Å²) in [7, 11) is 0. The highest BCUT2D eigenvalue weighted by molar-refractivity contribution is 6.01. The number of ether oxygens (including phenoxy) is 2. The average Bonchev–Trinajstić information content (AvgIpc) is 2.81. The zero-order valence-electron chi connectivity index (χ0n) is 18.2. The molecule has 1 atom stereocenters. The zero-order chi connectivity index (χ0) is 23.4. The van der Waals surface area contributed by atoms with Gasteiger partial charge in [-0.1, -0.05) is 12.1 Å². The molecule has 0 saturated carbocycles. The first-order valence-electron chi connectivity index (χ1n) is 10.5. The molecule has 1 N–H and O–H groups in total. The quantitative estimate of drug-likeness (QED) is 0.614. The lowest BCUT2D eigenvalue weighted by atomic mass is 10.1. The predicted molar refractivity (Wildman–Crippen MR) is 122 cm³/mol. The van der Waals surface area contributed by atoms with Crippen molar-refractivity contribution in [2.45, 2.75) is 26.4 Å². The number of carbonyl (C=O) groups excluding carboxylic acids is 2. The lowest BCUT2D eigenvalue weighted by Gasteiger charge is -2.32. The van der Waals surface area contributed by atoms with Gasteiger partial charge in [-0.3, -0.25) is 9.59 Å². The van der Waals surface area contributed by atoms with Gasteiger partial charge in [-0.05, 0) is 61.9 Å². The number of nitrogens with one attached hydrogen (secondary N) is 1. The Hall–Kier alpha value is -4.38. The van der Waals surface area contributed by atoms with Crippen molar-refractivity contribution in [3.63, 3.8) is 0 Å². The molecular formula is C25H22N4O4. The molecule has 1 aliphatic rings. The van der Waals surface area contributed by atoms with Crippen molar-refractivity contribution in [1.82, 2.24) is 4.98 Å². The Morgan fingerprint density at radius 3 is 2.85 bits per heavy atom. The normalized spacial score (nSPS) is 14.6. The van der Waals surface area contributed by atoms with Crippen molar-refractivity contribution in [1.29, 1.82) is 5.26 Å². The molecule has 2 heterocycles. The second kappa shape index (κ2) is 9.40. The van der Waals surface area contributed by atoms with Gasteiger partial charge in [0.1, 0.15) is 23.1 Å². The maximum absolute atomic E-state index is 12.6. The van der Waals surface area contributed by atoms with Gasteiger partial charge in [-0.15, -0.1) is 0 Å². The number of aromatic nitrogens is 1. The van der Waals surface area contributed by atoms with Gasteiger partial charge in [-0.2, -0.15) is 5.26 Å². The van der Waals surface area contributed by atoms with E-state index in [-0.39, 0.29) is 30.7 Å². The first-order valence-corrected chi connectivity index (χ1v) is 10.5. The average molecular weight is 442 g/mol. The van der Waals surface area contributed by atoms with Crippen molar-refractivity contribution in [3.8, 4) is 23.4 Å². The first-order chi connectivity index (χ1) is 16.0. The smallest absolute Gasteiger partial charge is 0.267 e. The van der Waals surface area contributed by atoms with Crippen LogP contribution in [0.3, 0.4) is 0 Å². The third-order valence-electron chi connectivity index (χ3n) is 5.21. The maximum atomic E-state index is 12.6. The van der Waals surface area contributed by atoms with Crippen LogP contribution in [0.15, 0.2) is 60.8 Å². The molecule has 0 aliphatic carbocycles. The van der Waals surface area contributed by atoms with Gasteiger partial charge in [-0.25, -0.2) is 4.98 Å². The monoisotopic (exact) mass is 442 g/mol. The minimum absolute atomic E-state index is 0.129. The van der Waals surface area contributed by atoms with Crippen LogP contribution in [-0.2, 0) is 9.59 Å². The Labute approximate surface area is 191 Å². The van der Waals surface area contributed by atoms with Gasteiger partial charge >= 0.3 is 0 Å². The molecular weight excluding hydrogens is 420 g/mol. The van der Waals surface area contributed by atoms with Crippen molar-refractivity contribution < 1.29 is 19.1 Å². The SMILES string of the molecule is Cc1cc(Oc2ncccc2C#N)ccc1NC(=O)CCN1C(=O)C(C)Oc2ccccc21. The van der Waals surface area contributed by atoms with Gasteiger partial charge in [0, 0.05) is 24.8 Å². The maximum Gasteiger partial charge on any atom is 0.267 e. The molecule has 1 aromatic heterocycles. The second-order valence-electron chi connectivity index (χ2n) is 7.56. The Balaban J connectivity index is 1.40. The summed E-state index contributed by atoms with van der Waals surface area (Å²) < 4.78 is 11.4. The van der Waals surface area contributed by atoms with Crippen LogP contribution in [0.1, 0.15) is 24.5 Å². The summed E-state index contributed by atoms with van der Waals surface area (Å²) in [6.45, 7) is 3.78. The molecule has 0 saturated heterocycles. The van der Waals surface area contributed by atoms with E-state index in [0.717, 1.165) is 5.56 Å². The van der Waals surface area contributed by atoms with E-state index in [0.29, 0.717) is 28.4 Å². The van der Waals surface area contributed by atoms with E-state index in [1.54, 1.807) is 54.4 Å². The van der Waals surface area contributed by atoms with Gasteiger partial charge in [0.15, 0.2) is 6.10 Å². The van der Waals surface area contributed by atoms with Crippen LogP contribution in [-0.4, -0.2) is 29.4 Å². The summed E-state index contributed by atoms with van der Waals surface area (Å²) >= 11 is 0. The molecule has 1 aliphatic heterocycles. The van der Waals surface area contributed by atoms with Gasteiger partial charge in [0.05, 0.1) is 5.69 Å². The zero-order valence-corrected chi connectivity index (χ0v) is 18.2. The van der Waals surface area contributed by atoms with Crippen LogP contribution in [0.25, 0.3) is 0 Å². The number of benzene rings is 2. The molecule has 0 spiro atoms. The Kier molecular flexibility index (Phi) is 6.22. The summed E-state index contributed by atoms with van der Waals surface area (Å²) in [6.07, 6.45) is 1.08. The van der Waals surface area contributed by atoms with Crippen LogP contribution in [0.2, 0.25) is 0 Å². The number of pyridine rings is 1. The summed E-state index contributed by atoms with van der Waals surface area (Å²) in [6, 6.07) is 17.8. The first kappa shape index (κ1) is 21.8. The third kappa shape index (κ3) is 4.77. The largest absolute Gasteiger partial charge is 0.479 e. The van der Waals surface area contributed by atoms with Crippen molar-refractivity contribution in [2.75, 3.05) is 16.8 Å². The standard InChI is InChI=1S/C25H22N4O4/c1-16-14-19(33-24-18(15-26)6-5-12-27-24)9-10-20(16)28-23(30)11-13-29-21-7-3-4-8-22(21)32-17(2)25(29)31/h3-10,12,14,17H,11,13H2,1-2H3,(H,28,30). The number of nitriles is 1. The highest BCUT2D eigenvalue weighted by atomic mass is 16.5. The number of nitrogens with zero attached hydrogens (tertiary/aromatic N) is 3. The molecule has 0 bridgehead atoms. The van der Waals surface area contributed by atoms with E-state index in [4.69, 9.17) is 9.47 Å². The summed E-state index contributed by atoms with van der Waals surface area (Å²) in [5.41, 5.74) is 2.42. The fraction of sp³-hybridized carbons (Fsp3) is 0.200. The summed E-state index contributed by atoms with van der Waals surface area (Å²) in [4.78, 5) is 30.9. The molecule has 4 rings (SSSR count). The molecule has 2 amide bonds. The lowest BCUT2D eigenvalue weighted by Crippen LogP contribution is -2.45. The van der Waals surface area contributed by atoms with Crippen LogP contribution in [0.4, 0.5) is 11.4 Å². The lowest BCUT2D eigenvalue weighted by molar-refractivity contribution is -0.125. The molecule has 8 nitrogen and oxygen atoms in total.